The van der Waals surface area contributed by atoms with Crippen molar-refractivity contribution in [2.75, 3.05) is 12.3 Å². The van der Waals surface area contributed by atoms with E-state index in [2.05, 4.69) is 5.10 Å². The second-order valence-electron chi connectivity index (χ2n) is 5.21. The molecule has 0 amide bonds. The number of halogens is 1. The summed E-state index contributed by atoms with van der Waals surface area (Å²) in [6, 6.07) is 11.9. The first kappa shape index (κ1) is 12.5. The number of nitrogens with zero attached hydrogens (tertiary/aromatic N) is 2. The Hall–Kier alpha value is -2.20. The molecule has 21 heavy (non-hydrogen) atoms. The summed E-state index contributed by atoms with van der Waals surface area (Å²) < 4.78 is 7.65. The van der Waals surface area contributed by atoms with Crippen LogP contribution in [0.2, 0.25) is 5.02 Å². The quantitative estimate of drug-likeness (QED) is 0.790. The van der Waals surface area contributed by atoms with Crippen molar-refractivity contribution < 1.29 is 4.74 Å². The number of para-hydroxylation sites is 1. The summed E-state index contributed by atoms with van der Waals surface area (Å²) in [5, 5.41) is 6.14. The standard InChI is InChI=1S/C16H14ClN3O/c17-12-7-10-5-6-21-15(10)11(8-12)9-20-14-4-2-1-3-13(14)16(18)19-20/h1-4,7-8H,5-6,9H2,(H2,18,19). The molecule has 106 valence electrons. The van der Waals surface area contributed by atoms with Crippen molar-refractivity contribution in [3.05, 3.63) is 52.5 Å². The molecular weight excluding hydrogens is 286 g/mol. The highest BCUT2D eigenvalue weighted by molar-refractivity contribution is 6.30. The van der Waals surface area contributed by atoms with Crippen LogP contribution in [0.15, 0.2) is 36.4 Å². The van der Waals surface area contributed by atoms with Gasteiger partial charge in [0.05, 0.1) is 18.7 Å². The Morgan fingerprint density at radius 2 is 2.14 bits per heavy atom. The summed E-state index contributed by atoms with van der Waals surface area (Å²) in [5.74, 6) is 1.49. The molecule has 1 aliphatic rings. The molecule has 0 fully saturated rings. The van der Waals surface area contributed by atoms with E-state index in [1.165, 1.54) is 5.56 Å². The van der Waals surface area contributed by atoms with Crippen LogP contribution in [0.5, 0.6) is 5.75 Å². The SMILES string of the molecule is Nc1nn(Cc2cc(Cl)cc3c2OCC3)c2ccccc12. The fourth-order valence-corrected chi connectivity index (χ4v) is 3.16. The van der Waals surface area contributed by atoms with Crippen LogP contribution in [0.4, 0.5) is 5.82 Å². The van der Waals surface area contributed by atoms with Gasteiger partial charge in [-0.2, -0.15) is 5.10 Å². The van der Waals surface area contributed by atoms with Crippen LogP contribution in [0, 0.1) is 0 Å². The van der Waals surface area contributed by atoms with Gasteiger partial charge in [-0.05, 0) is 29.8 Å². The largest absolute Gasteiger partial charge is 0.493 e. The van der Waals surface area contributed by atoms with Gasteiger partial charge >= 0.3 is 0 Å². The fraction of sp³-hybridized carbons (Fsp3) is 0.188. The molecule has 0 radical (unpaired) electrons. The normalized spacial score (nSPS) is 13.4. The average molecular weight is 300 g/mol. The van der Waals surface area contributed by atoms with Crippen molar-refractivity contribution in [1.29, 1.82) is 0 Å². The van der Waals surface area contributed by atoms with Gasteiger partial charge in [0.1, 0.15) is 5.75 Å². The molecule has 2 aromatic carbocycles. The van der Waals surface area contributed by atoms with Gasteiger partial charge in [-0.25, -0.2) is 0 Å². The van der Waals surface area contributed by atoms with E-state index in [1.807, 2.05) is 41.1 Å². The fourth-order valence-electron chi connectivity index (χ4n) is 2.90. The number of rotatable bonds is 2. The van der Waals surface area contributed by atoms with Crippen molar-refractivity contribution in [3.8, 4) is 5.75 Å². The molecule has 4 rings (SSSR count). The number of benzene rings is 2. The molecule has 1 aliphatic heterocycles. The highest BCUT2D eigenvalue weighted by Crippen LogP contribution is 2.34. The summed E-state index contributed by atoms with van der Waals surface area (Å²) in [7, 11) is 0. The Labute approximate surface area is 127 Å². The highest BCUT2D eigenvalue weighted by atomic mass is 35.5. The van der Waals surface area contributed by atoms with Gasteiger partial charge in [-0.15, -0.1) is 0 Å². The van der Waals surface area contributed by atoms with Crippen LogP contribution >= 0.6 is 11.6 Å². The van der Waals surface area contributed by atoms with Crippen molar-refractivity contribution in [1.82, 2.24) is 9.78 Å². The van der Waals surface area contributed by atoms with Crippen LogP contribution in [0.1, 0.15) is 11.1 Å². The number of nitrogen functional groups attached to an aromatic ring is 1. The molecule has 0 aliphatic carbocycles. The lowest BCUT2D eigenvalue weighted by Crippen LogP contribution is -2.04. The van der Waals surface area contributed by atoms with Crippen LogP contribution in [-0.4, -0.2) is 16.4 Å². The van der Waals surface area contributed by atoms with Crippen molar-refractivity contribution in [2.45, 2.75) is 13.0 Å². The van der Waals surface area contributed by atoms with Gasteiger partial charge in [-0.1, -0.05) is 23.7 Å². The van der Waals surface area contributed by atoms with E-state index in [0.29, 0.717) is 19.0 Å². The Kier molecular flexibility index (Phi) is 2.79. The van der Waals surface area contributed by atoms with Crippen molar-refractivity contribution in [2.24, 2.45) is 0 Å². The lowest BCUT2D eigenvalue weighted by Gasteiger charge is -2.10. The monoisotopic (exact) mass is 299 g/mol. The molecule has 0 saturated carbocycles. The molecule has 5 heteroatoms. The molecule has 2 N–H and O–H groups in total. The first-order valence-electron chi connectivity index (χ1n) is 6.87. The Balaban J connectivity index is 1.82. The van der Waals surface area contributed by atoms with Gasteiger partial charge in [0, 0.05) is 22.4 Å². The zero-order chi connectivity index (χ0) is 14.4. The molecule has 3 aromatic rings. The van der Waals surface area contributed by atoms with E-state index in [4.69, 9.17) is 22.1 Å². The molecule has 0 unspecified atom stereocenters. The van der Waals surface area contributed by atoms with E-state index in [1.54, 1.807) is 0 Å². The maximum Gasteiger partial charge on any atom is 0.153 e. The van der Waals surface area contributed by atoms with E-state index >= 15 is 0 Å². The van der Waals surface area contributed by atoms with Gasteiger partial charge in [0.25, 0.3) is 0 Å². The molecule has 0 spiro atoms. The number of hydrogen-bond donors (Lipinski definition) is 1. The lowest BCUT2D eigenvalue weighted by atomic mass is 10.1. The van der Waals surface area contributed by atoms with Crippen LogP contribution in [-0.2, 0) is 13.0 Å². The predicted octanol–water partition coefficient (Wildman–Crippen LogP) is 3.26. The maximum atomic E-state index is 6.21. The minimum atomic E-state index is 0.546. The van der Waals surface area contributed by atoms with E-state index in [9.17, 15) is 0 Å². The maximum absolute atomic E-state index is 6.21. The Morgan fingerprint density at radius 3 is 3.05 bits per heavy atom. The van der Waals surface area contributed by atoms with Crippen LogP contribution < -0.4 is 10.5 Å². The number of fused-ring (bicyclic) bond motifs is 2. The third-order valence-electron chi connectivity index (χ3n) is 3.83. The molecule has 0 bridgehead atoms. The summed E-state index contributed by atoms with van der Waals surface area (Å²) >= 11 is 6.21. The number of hydrogen-bond acceptors (Lipinski definition) is 3. The van der Waals surface area contributed by atoms with Gasteiger partial charge in [0.15, 0.2) is 5.82 Å². The van der Waals surface area contributed by atoms with Gasteiger partial charge in [0.2, 0.25) is 0 Å². The van der Waals surface area contributed by atoms with Crippen LogP contribution in [0.3, 0.4) is 0 Å². The van der Waals surface area contributed by atoms with Gasteiger partial charge in [-0.3, -0.25) is 4.68 Å². The van der Waals surface area contributed by atoms with Crippen LogP contribution in [0.25, 0.3) is 10.9 Å². The highest BCUT2D eigenvalue weighted by Gasteiger charge is 2.19. The number of aromatic nitrogens is 2. The summed E-state index contributed by atoms with van der Waals surface area (Å²) in [4.78, 5) is 0. The second kappa shape index (κ2) is 4.67. The second-order valence-corrected chi connectivity index (χ2v) is 5.65. The number of nitrogens with two attached hydrogens (primary N) is 1. The first-order chi connectivity index (χ1) is 10.2. The zero-order valence-corrected chi connectivity index (χ0v) is 12.1. The minimum Gasteiger partial charge on any atom is -0.493 e. The van der Waals surface area contributed by atoms with Crippen molar-refractivity contribution >= 4 is 28.3 Å². The summed E-state index contributed by atoms with van der Waals surface area (Å²) in [5.41, 5.74) is 9.21. The van der Waals surface area contributed by atoms with Gasteiger partial charge < -0.3 is 10.5 Å². The summed E-state index contributed by atoms with van der Waals surface area (Å²) in [6.45, 7) is 1.31. The first-order valence-corrected chi connectivity index (χ1v) is 7.25. The predicted molar refractivity (Wildman–Crippen MR) is 83.9 cm³/mol. The molecule has 1 aromatic heterocycles. The lowest BCUT2D eigenvalue weighted by molar-refractivity contribution is 0.352. The molecule has 0 atom stereocenters. The average Bonchev–Trinajstić information content (AvgIpc) is 3.05. The smallest absolute Gasteiger partial charge is 0.153 e. The zero-order valence-electron chi connectivity index (χ0n) is 11.3. The number of anilines is 1. The number of ether oxygens (including phenoxy) is 1. The third kappa shape index (κ3) is 2.03. The third-order valence-corrected chi connectivity index (χ3v) is 4.05. The van der Waals surface area contributed by atoms with Crippen molar-refractivity contribution in [3.63, 3.8) is 0 Å². The topological polar surface area (TPSA) is 53.1 Å². The molecule has 2 heterocycles. The molecular formula is C16H14ClN3O. The minimum absolute atomic E-state index is 0.546. The molecule has 4 nitrogen and oxygen atoms in total. The molecule has 0 saturated heterocycles. The Bertz CT molecular complexity index is 841. The van der Waals surface area contributed by atoms with E-state index in [0.717, 1.165) is 33.7 Å². The van der Waals surface area contributed by atoms with E-state index in [-0.39, 0.29) is 0 Å². The van der Waals surface area contributed by atoms with E-state index < -0.39 is 0 Å². The summed E-state index contributed by atoms with van der Waals surface area (Å²) in [6.07, 6.45) is 0.908. The Morgan fingerprint density at radius 1 is 1.29 bits per heavy atom.